The van der Waals surface area contributed by atoms with Crippen molar-refractivity contribution in [2.45, 2.75) is 31.8 Å². The summed E-state index contributed by atoms with van der Waals surface area (Å²) in [7, 11) is 1.74. The van der Waals surface area contributed by atoms with E-state index in [0.717, 1.165) is 25.7 Å². The molecule has 5 heteroatoms. The van der Waals surface area contributed by atoms with Gasteiger partial charge in [0.15, 0.2) is 0 Å². The number of aromatic nitrogens is 1. The van der Waals surface area contributed by atoms with Gasteiger partial charge in [0.1, 0.15) is 5.15 Å². The van der Waals surface area contributed by atoms with E-state index in [2.05, 4.69) is 4.98 Å². The third-order valence-corrected chi connectivity index (χ3v) is 4.01. The minimum absolute atomic E-state index is 0.143. The molecule has 0 radical (unpaired) electrons. The predicted octanol–water partition coefficient (Wildman–Crippen LogP) is 2.36. The fraction of sp³-hybridized carbons (Fsp3) is 0.571. The number of aliphatic hydroxyl groups is 1. The number of pyridine rings is 1. The zero-order valence-corrected chi connectivity index (χ0v) is 11.8. The molecule has 0 aromatic carbocycles. The molecule has 1 aromatic rings. The van der Waals surface area contributed by atoms with Gasteiger partial charge in [0.25, 0.3) is 5.91 Å². The van der Waals surface area contributed by atoms with E-state index >= 15 is 0 Å². The first-order valence-corrected chi connectivity index (χ1v) is 7.01. The predicted molar refractivity (Wildman–Crippen MR) is 74.2 cm³/mol. The van der Waals surface area contributed by atoms with Gasteiger partial charge in [0.05, 0.1) is 11.7 Å². The number of nitrogens with zero attached hydrogens (tertiary/aromatic N) is 2. The van der Waals surface area contributed by atoms with Crippen LogP contribution in [-0.2, 0) is 0 Å². The molecule has 1 aromatic heterocycles. The Labute approximate surface area is 118 Å². The largest absolute Gasteiger partial charge is 0.393 e. The quantitative estimate of drug-likeness (QED) is 0.866. The van der Waals surface area contributed by atoms with Gasteiger partial charge in [-0.3, -0.25) is 4.79 Å². The van der Waals surface area contributed by atoms with Crippen molar-refractivity contribution >= 4 is 17.5 Å². The van der Waals surface area contributed by atoms with Gasteiger partial charge in [-0.2, -0.15) is 0 Å². The van der Waals surface area contributed by atoms with E-state index in [1.807, 2.05) is 0 Å². The molecule has 2 rings (SSSR count). The normalized spacial score (nSPS) is 23.1. The first-order chi connectivity index (χ1) is 9.09. The van der Waals surface area contributed by atoms with Crippen LogP contribution >= 0.6 is 11.6 Å². The highest BCUT2D eigenvalue weighted by Crippen LogP contribution is 2.25. The fourth-order valence-electron chi connectivity index (χ4n) is 2.59. The van der Waals surface area contributed by atoms with Crippen LogP contribution in [0.2, 0.25) is 5.15 Å². The number of halogens is 1. The second kappa shape index (κ2) is 6.35. The molecular formula is C14H19ClN2O2. The average Bonchev–Trinajstić information content (AvgIpc) is 2.41. The standard InChI is InChI=1S/C14H19ClN2O2/c1-17(9-10-5-2-3-7-12(10)18)14(19)11-6-4-8-16-13(11)15/h4,6,8,10,12,18H,2-3,5,7,9H2,1H3. The fourth-order valence-corrected chi connectivity index (χ4v) is 2.79. The summed E-state index contributed by atoms with van der Waals surface area (Å²) in [6.45, 7) is 0.561. The number of rotatable bonds is 3. The molecule has 1 amide bonds. The number of hydrogen-bond donors (Lipinski definition) is 1. The summed E-state index contributed by atoms with van der Waals surface area (Å²) in [5.74, 6) is 0.0222. The summed E-state index contributed by atoms with van der Waals surface area (Å²) >= 11 is 5.93. The topological polar surface area (TPSA) is 53.4 Å². The molecule has 4 nitrogen and oxygen atoms in total. The maximum absolute atomic E-state index is 12.3. The summed E-state index contributed by atoms with van der Waals surface area (Å²) in [6.07, 6.45) is 5.26. The van der Waals surface area contributed by atoms with Crippen LogP contribution in [0.1, 0.15) is 36.0 Å². The lowest BCUT2D eigenvalue weighted by Crippen LogP contribution is -2.38. The Morgan fingerprint density at radius 1 is 1.53 bits per heavy atom. The molecule has 104 valence electrons. The number of amides is 1. The van der Waals surface area contributed by atoms with Gasteiger partial charge in [-0.25, -0.2) is 4.98 Å². The monoisotopic (exact) mass is 282 g/mol. The third kappa shape index (κ3) is 3.45. The highest BCUT2D eigenvalue weighted by molar-refractivity contribution is 6.32. The third-order valence-electron chi connectivity index (χ3n) is 3.71. The number of carbonyl (C=O) groups is 1. The van der Waals surface area contributed by atoms with Gasteiger partial charge in [0.2, 0.25) is 0 Å². The molecular weight excluding hydrogens is 264 g/mol. The van der Waals surface area contributed by atoms with Crippen molar-refractivity contribution in [2.24, 2.45) is 5.92 Å². The second-order valence-corrected chi connectivity index (χ2v) is 5.50. The van der Waals surface area contributed by atoms with Crippen LogP contribution in [0.15, 0.2) is 18.3 Å². The Morgan fingerprint density at radius 2 is 2.26 bits per heavy atom. The summed E-state index contributed by atoms with van der Waals surface area (Å²) < 4.78 is 0. The lowest BCUT2D eigenvalue weighted by Gasteiger charge is -2.31. The highest BCUT2D eigenvalue weighted by atomic mass is 35.5. The Kier molecular flexibility index (Phi) is 4.77. The maximum atomic E-state index is 12.3. The lowest BCUT2D eigenvalue weighted by atomic mass is 9.86. The molecule has 19 heavy (non-hydrogen) atoms. The van der Waals surface area contributed by atoms with Crippen molar-refractivity contribution in [1.29, 1.82) is 0 Å². The van der Waals surface area contributed by atoms with E-state index < -0.39 is 0 Å². The van der Waals surface area contributed by atoms with Crippen LogP contribution in [0.4, 0.5) is 0 Å². The van der Waals surface area contributed by atoms with E-state index in [1.165, 1.54) is 0 Å². The van der Waals surface area contributed by atoms with Crippen LogP contribution < -0.4 is 0 Å². The number of aliphatic hydroxyl groups excluding tert-OH is 1. The first-order valence-electron chi connectivity index (χ1n) is 6.63. The van der Waals surface area contributed by atoms with E-state index in [1.54, 1.807) is 30.3 Å². The molecule has 2 atom stereocenters. The molecule has 2 unspecified atom stereocenters. The molecule has 0 saturated heterocycles. The van der Waals surface area contributed by atoms with Crippen LogP contribution in [0.5, 0.6) is 0 Å². The zero-order chi connectivity index (χ0) is 13.8. The summed E-state index contributed by atoms with van der Waals surface area (Å²) in [6, 6.07) is 3.37. The molecule has 1 heterocycles. The van der Waals surface area contributed by atoms with Gasteiger partial charge in [-0.1, -0.05) is 24.4 Å². The number of hydrogen-bond acceptors (Lipinski definition) is 3. The summed E-state index contributed by atoms with van der Waals surface area (Å²) in [4.78, 5) is 17.8. The molecule has 1 aliphatic carbocycles. The Hall–Kier alpha value is -1.13. The van der Waals surface area contributed by atoms with Gasteiger partial charge < -0.3 is 10.0 Å². The first kappa shape index (κ1) is 14.3. The Bertz CT molecular complexity index is 453. The van der Waals surface area contributed by atoms with E-state index in [-0.39, 0.29) is 23.1 Å². The van der Waals surface area contributed by atoms with Crippen molar-refractivity contribution in [3.63, 3.8) is 0 Å². The summed E-state index contributed by atoms with van der Waals surface area (Å²) in [5, 5.41) is 10.2. The molecule has 1 fully saturated rings. The van der Waals surface area contributed by atoms with Crippen LogP contribution in [-0.4, -0.2) is 40.6 Å². The average molecular weight is 283 g/mol. The SMILES string of the molecule is CN(CC1CCCCC1O)C(=O)c1cccnc1Cl. The van der Waals surface area contributed by atoms with Gasteiger partial charge in [0, 0.05) is 25.7 Å². The molecule has 0 aliphatic heterocycles. The van der Waals surface area contributed by atoms with E-state index in [9.17, 15) is 9.90 Å². The van der Waals surface area contributed by atoms with Crippen LogP contribution in [0.3, 0.4) is 0 Å². The smallest absolute Gasteiger partial charge is 0.256 e. The van der Waals surface area contributed by atoms with Crippen LogP contribution in [0.25, 0.3) is 0 Å². The van der Waals surface area contributed by atoms with Crippen LogP contribution in [0, 0.1) is 5.92 Å². The van der Waals surface area contributed by atoms with Gasteiger partial charge >= 0.3 is 0 Å². The lowest BCUT2D eigenvalue weighted by molar-refractivity contribution is 0.0451. The summed E-state index contributed by atoms with van der Waals surface area (Å²) in [5.41, 5.74) is 0.414. The zero-order valence-electron chi connectivity index (χ0n) is 11.1. The molecule has 0 spiro atoms. The van der Waals surface area contributed by atoms with E-state index in [0.29, 0.717) is 12.1 Å². The second-order valence-electron chi connectivity index (χ2n) is 5.14. The van der Waals surface area contributed by atoms with Crippen molar-refractivity contribution in [2.75, 3.05) is 13.6 Å². The molecule has 1 N–H and O–H groups in total. The van der Waals surface area contributed by atoms with Crippen molar-refractivity contribution in [1.82, 2.24) is 9.88 Å². The van der Waals surface area contributed by atoms with E-state index in [4.69, 9.17) is 11.6 Å². The minimum atomic E-state index is -0.298. The molecule has 1 aliphatic rings. The van der Waals surface area contributed by atoms with Crippen molar-refractivity contribution in [3.8, 4) is 0 Å². The Balaban J connectivity index is 2.01. The van der Waals surface area contributed by atoms with Crippen molar-refractivity contribution < 1.29 is 9.90 Å². The van der Waals surface area contributed by atoms with Gasteiger partial charge in [-0.05, 0) is 25.0 Å². The highest BCUT2D eigenvalue weighted by Gasteiger charge is 2.26. The number of carbonyl (C=O) groups excluding carboxylic acids is 1. The molecule has 0 bridgehead atoms. The van der Waals surface area contributed by atoms with Crippen molar-refractivity contribution in [3.05, 3.63) is 29.0 Å². The van der Waals surface area contributed by atoms with Gasteiger partial charge in [-0.15, -0.1) is 0 Å². The molecule has 1 saturated carbocycles. The maximum Gasteiger partial charge on any atom is 0.256 e. The Morgan fingerprint density at radius 3 is 2.95 bits per heavy atom. The minimum Gasteiger partial charge on any atom is -0.393 e.